The number of aromatic amines is 1. The molecule has 4 aromatic rings. The van der Waals surface area contributed by atoms with E-state index >= 15 is 0 Å². The Labute approximate surface area is 106 Å². The Kier molecular flexibility index (Phi) is 1.72. The molecule has 0 aliphatic rings. The quantitative estimate of drug-likeness (QED) is 0.496. The SMILES string of the molecule is Brc1c2c3ccccc3[nH]c2n2ccccc12. The fourth-order valence-electron chi connectivity index (χ4n) is 2.48. The lowest BCUT2D eigenvalue weighted by molar-refractivity contribution is 1.21. The van der Waals surface area contributed by atoms with Crippen molar-refractivity contribution in [3.8, 4) is 0 Å². The summed E-state index contributed by atoms with van der Waals surface area (Å²) in [5.41, 5.74) is 3.52. The van der Waals surface area contributed by atoms with Gasteiger partial charge in [-0.1, -0.05) is 24.3 Å². The van der Waals surface area contributed by atoms with Gasteiger partial charge in [0.2, 0.25) is 0 Å². The smallest absolute Gasteiger partial charge is 0.124 e. The molecule has 0 radical (unpaired) electrons. The van der Waals surface area contributed by atoms with Crippen molar-refractivity contribution < 1.29 is 0 Å². The molecule has 0 unspecified atom stereocenters. The number of benzene rings is 1. The summed E-state index contributed by atoms with van der Waals surface area (Å²) in [5.74, 6) is 0. The molecule has 3 heterocycles. The average molecular weight is 285 g/mol. The molecule has 2 nitrogen and oxygen atoms in total. The Morgan fingerprint density at radius 3 is 2.76 bits per heavy atom. The number of hydrogen-bond donors (Lipinski definition) is 1. The van der Waals surface area contributed by atoms with Gasteiger partial charge in [0.1, 0.15) is 5.65 Å². The monoisotopic (exact) mass is 284 g/mol. The van der Waals surface area contributed by atoms with Crippen LogP contribution in [-0.4, -0.2) is 9.38 Å². The van der Waals surface area contributed by atoms with Crippen molar-refractivity contribution in [3.05, 3.63) is 53.1 Å². The van der Waals surface area contributed by atoms with Crippen LogP contribution in [0, 0.1) is 0 Å². The lowest BCUT2D eigenvalue weighted by atomic mass is 10.2. The molecule has 0 amide bonds. The van der Waals surface area contributed by atoms with E-state index in [9.17, 15) is 0 Å². The standard InChI is InChI=1S/C14H9BrN2/c15-13-11-7-3-4-8-17(11)14-12(13)9-5-1-2-6-10(9)16-14/h1-8,16H. The second-order valence-corrected chi connectivity index (χ2v) is 4.96. The number of hydrogen-bond acceptors (Lipinski definition) is 0. The van der Waals surface area contributed by atoms with Gasteiger partial charge >= 0.3 is 0 Å². The van der Waals surface area contributed by atoms with Crippen molar-refractivity contribution in [2.45, 2.75) is 0 Å². The summed E-state index contributed by atoms with van der Waals surface area (Å²) in [7, 11) is 0. The van der Waals surface area contributed by atoms with Crippen LogP contribution in [0.3, 0.4) is 0 Å². The minimum atomic E-state index is 1.15. The van der Waals surface area contributed by atoms with E-state index in [0.717, 1.165) is 10.1 Å². The molecule has 17 heavy (non-hydrogen) atoms. The fourth-order valence-corrected chi connectivity index (χ4v) is 3.20. The molecule has 1 N–H and O–H groups in total. The summed E-state index contributed by atoms with van der Waals surface area (Å²) in [6, 6.07) is 14.6. The molecule has 0 saturated carbocycles. The number of para-hydroxylation sites is 1. The number of aromatic nitrogens is 2. The van der Waals surface area contributed by atoms with Gasteiger partial charge in [-0.2, -0.15) is 0 Å². The average Bonchev–Trinajstić information content (AvgIpc) is 2.88. The van der Waals surface area contributed by atoms with Crippen molar-refractivity contribution in [1.82, 2.24) is 9.38 Å². The summed E-state index contributed by atoms with van der Waals surface area (Å²) < 4.78 is 3.34. The number of nitrogens with one attached hydrogen (secondary N) is 1. The second-order valence-electron chi connectivity index (χ2n) is 4.16. The predicted octanol–water partition coefficient (Wildman–Crippen LogP) is 4.34. The third-order valence-corrected chi connectivity index (χ3v) is 4.03. The van der Waals surface area contributed by atoms with E-state index in [1.54, 1.807) is 0 Å². The number of nitrogens with zero attached hydrogens (tertiary/aromatic N) is 1. The zero-order valence-corrected chi connectivity index (χ0v) is 10.5. The Bertz CT molecular complexity index is 848. The molecule has 4 rings (SSSR count). The van der Waals surface area contributed by atoms with Gasteiger partial charge in [0.15, 0.2) is 0 Å². The van der Waals surface area contributed by atoms with Gasteiger partial charge in [0, 0.05) is 22.5 Å². The third kappa shape index (κ3) is 1.09. The lowest BCUT2D eigenvalue weighted by Gasteiger charge is -1.94. The summed E-state index contributed by atoms with van der Waals surface area (Å²) in [6.45, 7) is 0. The number of H-pyrrole nitrogens is 1. The van der Waals surface area contributed by atoms with Gasteiger partial charge in [-0.25, -0.2) is 0 Å². The molecule has 1 aromatic carbocycles. The van der Waals surface area contributed by atoms with Gasteiger partial charge in [-0.05, 0) is 34.1 Å². The molecular formula is C14H9BrN2. The molecule has 0 spiro atoms. The molecule has 0 saturated heterocycles. The molecule has 0 fully saturated rings. The maximum Gasteiger partial charge on any atom is 0.124 e. The first kappa shape index (κ1) is 9.31. The van der Waals surface area contributed by atoms with E-state index < -0.39 is 0 Å². The highest BCUT2D eigenvalue weighted by molar-refractivity contribution is 9.10. The van der Waals surface area contributed by atoms with Gasteiger partial charge < -0.3 is 9.38 Å². The normalized spacial score (nSPS) is 11.8. The maximum absolute atomic E-state index is 3.71. The molecule has 3 aromatic heterocycles. The Morgan fingerprint density at radius 2 is 1.82 bits per heavy atom. The number of fused-ring (bicyclic) bond motifs is 5. The van der Waals surface area contributed by atoms with Crippen LogP contribution < -0.4 is 0 Å². The zero-order valence-electron chi connectivity index (χ0n) is 8.94. The van der Waals surface area contributed by atoms with Crippen LogP contribution in [0.4, 0.5) is 0 Å². The first-order chi connectivity index (χ1) is 8.36. The lowest BCUT2D eigenvalue weighted by Crippen LogP contribution is -1.81. The minimum Gasteiger partial charge on any atom is -0.340 e. The van der Waals surface area contributed by atoms with Gasteiger partial charge in [0.25, 0.3) is 0 Å². The van der Waals surface area contributed by atoms with Crippen LogP contribution in [0.15, 0.2) is 53.1 Å². The molecule has 0 aliphatic carbocycles. The summed E-state index contributed by atoms with van der Waals surface area (Å²) in [6.07, 6.45) is 2.08. The van der Waals surface area contributed by atoms with E-state index in [-0.39, 0.29) is 0 Å². The molecule has 82 valence electrons. The Hall–Kier alpha value is -1.74. The van der Waals surface area contributed by atoms with Gasteiger partial charge in [-0.15, -0.1) is 0 Å². The van der Waals surface area contributed by atoms with E-state index in [4.69, 9.17) is 0 Å². The molecule has 0 bridgehead atoms. The highest BCUT2D eigenvalue weighted by Crippen LogP contribution is 2.36. The number of rotatable bonds is 0. The van der Waals surface area contributed by atoms with Crippen LogP contribution in [0.25, 0.3) is 27.5 Å². The fraction of sp³-hybridized carbons (Fsp3) is 0. The molecule has 0 atom stereocenters. The van der Waals surface area contributed by atoms with E-state index in [2.05, 4.69) is 67.9 Å². The van der Waals surface area contributed by atoms with Crippen LogP contribution >= 0.6 is 15.9 Å². The first-order valence-electron chi connectivity index (χ1n) is 5.51. The largest absolute Gasteiger partial charge is 0.340 e. The van der Waals surface area contributed by atoms with Crippen LogP contribution in [-0.2, 0) is 0 Å². The zero-order chi connectivity index (χ0) is 11.4. The molecule has 0 aliphatic heterocycles. The minimum absolute atomic E-state index is 1.15. The molecule has 3 heteroatoms. The van der Waals surface area contributed by atoms with Gasteiger partial charge in [0.05, 0.1) is 9.99 Å². The summed E-state index contributed by atoms with van der Waals surface area (Å²) >= 11 is 3.71. The van der Waals surface area contributed by atoms with Crippen LogP contribution in [0.5, 0.6) is 0 Å². The van der Waals surface area contributed by atoms with E-state index in [1.165, 1.54) is 21.8 Å². The number of halogens is 1. The Morgan fingerprint density at radius 1 is 1.00 bits per heavy atom. The number of pyridine rings is 1. The molecular weight excluding hydrogens is 276 g/mol. The van der Waals surface area contributed by atoms with Crippen molar-refractivity contribution in [2.75, 3.05) is 0 Å². The van der Waals surface area contributed by atoms with Crippen LogP contribution in [0.2, 0.25) is 0 Å². The predicted molar refractivity (Wildman–Crippen MR) is 74.5 cm³/mol. The Balaban J connectivity index is 2.40. The second kappa shape index (κ2) is 3.14. The van der Waals surface area contributed by atoms with Crippen LogP contribution in [0.1, 0.15) is 0 Å². The summed E-state index contributed by atoms with van der Waals surface area (Å²) in [4.78, 5) is 3.47. The maximum atomic E-state index is 3.71. The first-order valence-corrected chi connectivity index (χ1v) is 6.30. The topological polar surface area (TPSA) is 20.2 Å². The van der Waals surface area contributed by atoms with Crippen molar-refractivity contribution in [3.63, 3.8) is 0 Å². The summed E-state index contributed by atoms with van der Waals surface area (Å²) in [5, 5.41) is 2.52. The van der Waals surface area contributed by atoms with Crippen molar-refractivity contribution in [1.29, 1.82) is 0 Å². The van der Waals surface area contributed by atoms with E-state index in [1.807, 2.05) is 6.07 Å². The van der Waals surface area contributed by atoms with Crippen molar-refractivity contribution >= 4 is 43.4 Å². The third-order valence-electron chi connectivity index (χ3n) is 3.23. The highest BCUT2D eigenvalue weighted by Gasteiger charge is 2.13. The van der Waals surface area contributed by atoms with E-state index in [0.29, 0.717) is 0 Å². The highest BCUT2D eigenvalue weighted by atomic mass is 79.9. The van der Waals surface area contributed by atoms with Gasteiger partial charge in [-0.3, -0.25) is 0 Å². The van der Waals surface area contributed by atoms with Crippen molar-refractivity contribution in [2.24, 2.45) is 0 Å².